The number of aryl methyl sites for hydroxylation is 1. The second-order valence-corrected chi connectivity index (χ2v) is 12.7. The van der Waals surface area contributed by atoms with E-state index in [0.717, 1.165) is 16.7 Å². The first-order valence-electron chi connectivity index (χ1n) is 9.65. The molecule has 0 heterocycles. The highest BCUT2D eigenvalue weighted by Crippen LogP contribution is 2.45. The molecule has 0 aromatic heterocycles. The molecule has 1 aliphatic carbocycles. The fourth-order valence-electron chi connectivity index (χ4n) is 3.82. The van der Waals surface area contributed by atoms with Gasteiger partial charge in [-0.2, -0.15) is 0 Å². The smallest absolute Gasteiger partial charge is 0.157 e. The number of rotatable bonds is 7. The fourth-order valence-corrected chi connectivity index (χ4v) is 6.22. The van der Waals surface area contributed by atoms with E-state index in [0.29, 0.717) is 12.8 Å². The Morgan fingerprint density at radius 3 is 2.30 bits per heavy atom. The van der Waals surface area contributed by atoms with Gasteiger partial charge in [0, 0.05) is 28.5 Å². The van der Waals surface area contributed by atoms with Crippen molar-refractivity contribution >= 4 is 36.8 Å². The van der Waals surface area contributed by atoms with Crippen molar-refractivity contribution in [3.05, 3.63) is 76.1 Å². The Kier molecular flexibility index (Phi) is 6.75. The third kappa shape index (κ3) is 5.13. The number of sulfone groups is 2. The second-order valence-electron chi connectivity index (χ2n) is 7.63. The van der Waals surface area contributed by atoms with Gasteiger partial charge in [-0.25, -0.2) is 21.2 Å². The van der Waals surface area contributed by atoms with Crippen LogP contribution in [0.5, 0.6) is 0 Å². The van der Waals surface area contributed by atoms with Gasteiger partial charge in [0.1, 0.15) is 15.7 Å². The molecule has 0 aliphatic heterocycles. The van der Waals surface area contributed by atoms with Crippen molar-refractivity contribution in [3.8, 4) is 0 Å². The molecular weight excluding hydrogens is 447 g/mol. The summed E-state index contributed by atoms with van der Waals surface area (Å²) in [7, 11) is -6.52. The molecule has 0 amide bonds. The van der Waals surface area contributed by atoms with Crippen LogP contribution in [0, 0.1) is 5.82 Å². The number of hydrogen-bond acceptors (Lipinski definition) is 4. The Morgan fingerprint density at radius 1 is 1.07 bits per heavy atom. The van der Waals surface area contributed by atoms with E-state index >= 15 is 0 Å². The summed E-state index contributed by atoms with van der Waals surface area (Å²) in [6.45, 7) is 1.58. The predicted octanol–water partition coefficient (Wildman–Crippen LogP) is 4.44. The lowest BCUT2D eigenvalue weighted by Crippen LogP contribution is -2.26. The molecule has 0 fully saturated rings. The average molecular weight is 471 g/mol. The van der Waals surface area contributed by atoms with Crippen LogP contribution in [0.15, 0.2) is 48.5 Å². The Morgan fingerprint density at radius 2 is 1.73 bits per heavy atom. The lowest BCUT2D eigenvalue weighted by atomic mass is 9.93. The molecule has 2 aromatic carbocycles. The van der Waals surface area contributed by atoms with Gasteiger partial charge < -0.3 is 0 Å². The van der Waals surface area contributed by atoms with Crippen LogP contribution in [0.25, 0.3) is 5.57 Å². The zero-order chi connectivity index (χ0) is 22.1. The molecule has 4 nitrogen and oxygen atoms in total. The van der Waals surface area contributed by atoms with Crippen molar-refractivity contribution in [1.29, 1.82) is 0 Å². The average Bonchev–Trinajstić information content (AvgIpc) is 3.12. The summed E-state index contributed by atoms with van der Waals surface area (Å²) >= 11 is 6.25. The summed E-state index contributed by atoms with van der Waals surface area (Å²) in [6, 6.07) is 11.8. The number of benzene rings is 2. The van der Waals surface area contributed by atoms with Crippen molar-refractivity contribution in [2.75, 3.05) is 17.8 Å². The Bertz CT molecular complexity index is 1150. The first-order chi connectivity index (χ1) is 14.0. The maximum absolute atomic E-state index is 14.6. The summed E-state index contributed by atoms with van der Waals surface area (Å²) in [5.74, 6) is -1.08. The van der Waals surface area contributed by atoms with Gasteiger partial charge in [-0.3, -0.25) is 0 Å². The van der Waals surface area contributed by atoms with Crippen LogP contribution in [0.3, 0.4) is 0 Å². The summed E-state index contributed by atoms with van der Waals surface area (Å²) in [5.41, 5.74) is 2.77. The van der Waals surface area contributed by atoms with Gasteiger partial charge >= 0.3 is 0 Å². The molecule has 1 aliphatic rings. The minimum atomic E-state index is -3.47. The van der Waals surface area contributed by atoms with Crippen molar-refractivity contribution in [2.24, 2.45) is 0 Å². The van der Waals surface area contributed by atoms with E-state index < -0.39 is 36.7 Å². The Hall–Kier alpha value is -1.70. The molecular formula is C22H24ClFO4S2. The van der Waals surface area contributed by atoms with E-state index in [1.165, 1.54) is 18.4 Å². The zero-order valence-corrected chi connectivity index (χ0v) is 19.2. The molecule has 8 heteroatoms. The van der Waals surface area contributed by atoms with Crippen molar-refractivity contribution in [2.45, 2.75) is 30.9 Å². The number of allylic oxidation sites excluding steroid dienone is 1. The van der Waals surface area contributed by atoms with Crippen LogP contribution in [-0.4, -0.2) is 39.8 Å². The summed E-state index contributed by atoms with van der Waals surface area (Å²) in [6.07, 6.45) is 3.68. The largest absolute Gasteiger partial charge is 0.229 e. The van der Waals surface area contributed by atoms with Crippen LogP contribution in [0.4, 0.5) is 4.39 Å². The topological polar surface area (TPSA) is 68.3 Å². The predicted molar refractivity (Wildman–Crippen MR) is 120 cm³/mol. The highest BCUT2D eigenvalue weighted by Gasteiger charge is 2.39. The molecule has 3 rings (SSSR count). The summed E-state index contributed by atoms with van der Waals surface area (Å²) in [4.78, 5) is 0. The van der Waals surface area contributed by atoms with Crippen LogP contribution >= 0.6 is 11.6 Å². The fraction of sp³-hybridized carbons (Fsp3) is 0.364. The molecule has 30 heavy (non-hydrogen) atoms. The number of halogens is 2. The van der Waals surface area contributed by atoms with Gasteiger partial charge in [-0.15, -0.1) is 0 Å². The third-order valence-electron chi connectivity index (χ3n) is 5.48. The molecule has 162 valence electrons. The van der Waals surface area contributed by atoms with Crippen molar-refractivity contribution in [3.63, 3.8) is 0 Å². The van der Waals surface area contributed by atoms with Crippen LogP contribution in [-0.2, 0) is 26.1 Å². The van der Waals surface area contributed by atoms with Gasteiger partial charge in [-0.1, -0.05) is 54.9 Å². The molecule has 0 radical (unpaired) electrons. The van der Waals surface area contributed by atoms with Gasteiger partial charge in [0.2, 0.25) is 0 Å². The monoisotopic (exact) mass is 470 g/mol. The van der Waals surface area contributed by atoms with Gasteiger partial charge in [0.25, 0.3) is 0 Å². The van der Waals surface area contributed by atoms with E-state index in [1.54, 1.807) is 19.1 Å². The van der Waals surface area contributed by atoms with Crippen molar-refractivity contribution < 1.29 is 21.2 Å². The van der Waals surface area contributed by atoms with Gasteiger partial charge in [0.05, 0.1) is 11.0 Å². The molecule has 2 unspecified atom stereocenters. The van der Waals surface area contributed by atoms with Crippen LogP contribution in [0.2, 0.25) is 5.02 Å². The number of hydrogen-bond donors (Lipinski definition) is 0. The SMILES string of the molecule is CCS(=O)(=O)C1C=C(c2ccc(CCS(C)(=O)=O)cc2)CC1c1c(F)cccc1Cl. The quantitative estimate of drug-likeness (QED) is 0.599. The van der Waals surface area contributed by atoms with E-state index in [-0.39, 0.29) is 22.1 Å². The van der Waals surface area contributed by atoms with E-state index in [1.807, 2.05) is 24.3 Å². The van der Waals surface area contributed by atoms with Gasteiger partial charge in [-0.05, 0) is 41.7 Å². The summed E-state index contributed by atoms with van der Waals surface area (Å²) < 4.78 is 62.8. The van der Waals surface area contributed by atoms with Gasteiger partial charge in [0.15, 0.2) is 9.84 Å². The zero-order valence-electron chi connectivity index (χ0n) is 16.8. The minimum Gasteiger partial charge on any atom is -0.229 e. The van der Waals surface area contributed by atoms with Crippen LogP contribution < -0.4 is 0 Å². The van der Waals surface area contributed by atoms with Crippen molar-refractivity contribution in [1.82, 2.24) is 0 Å². The first-order valence-corrected chi connectivity index (χ1v) is 13.8. The van der Waals surface area contributed by atoms with E-state index in [4.69, 9.17) is 11.6 Å². The third-order valence-corrected chi connectivity index (χ3v) is 8.85. The minimum absolute atomic E-state index is 0.0472. The normalized spacial score (nSPS) is 19.7. The maximum atomic E-state index is 14.6. The summed E-state index contributed by atoms with van der Waals surface area (Å²) in [5, 5.41) is -0.626. The first kappa shape index (κ1) is 23.0. The highest BCUT2D eigenvalue weighted by atomic mass is 35.5. The molecule has 2 aromatic rings. The standard InChI is InChI=1S/C22H24ClFO4S2/c1-3-30(27,28)21-14-17(13-18(21)22-19(23)5-4-6-20(22)24)16-9-7-15(8-10-16)11-12-29(2,25)26/h4-10,14,18,21H,3,11-13H2,1-2H3. The Labute approximate surface area is 182 Å². The highest BCUT2D eigenvalue weighted by molar-refractivity contribution is 7.92. The molecule has 0 saturated carbocycles. The lowest BCUT2D eigenvalue weighted by molar-refractivity contribution is 0.562. The van der Waals surface area contributed by atoms with E-state index in [2.05, 4.69) is 0 Å². The Balaban J connectivity index is 1.94. The second kappa shape index (κ2) is 8.81. The molecule has 0 spiro atoms. The maximum Gasteiger partial charge on any atom is 0.157 e. The molecule has 2 atom stereocenters. The molecule has 0 N–H and O–H groups in total. The van der Waals surface area contributed by atoms with Crippen LogP contribution in [0.1, 0.15) is 36.0 Å². The van der Waals surface area contributed by atoms with E-state index in [9.17, 15) is 21.2 Å². The molecule has 0 saturated heterocycles. The lowest BCUT2D eigenvalue weighted by Gasteiger charge is -2.21. The molecule has 0 bridgehead atoms.